The molecule has 104 valence electrons. The summed E-state index contributed by atoms with van der Waals surface area (Å²) >= 11 is 0. The summed E-state index contributed by atoms with van der Waals surface area (Å²) in [5.41, 5.74) is 4.81. The second-order valence-electron chi connectivity index (χ2n) is 4.99. The summed E-state index contributed by atoms with van der Waals surface area (Å²) in [7, 11) is 1.99. The maximum absolute atomic E-state index is 7.48. The lowest BCUT2D eigenvalue weighted by molar-refractivity contribution is -0.660. The zero-order chi connectivity index (χ0) is 17.3. The Morgan fingerprint density at radius 1 is 1.14 bits per heavy atom. The minimum absolute atomic E-state index is 0.134. The average Bonchev–Trinajstić information content (AvgIpc) is 2.55. The summed E-state index contributed by atoms with van der Waals surface area (Å²) < 4.78 is 24.5. The van der Waals surface area contributed by atoms with Crippen LogP contribution in [0.1, 0.15) is 15.5 Å². The van der Waals surface area contributed by atoms with Crippen LogP contribution in [0.4, 0.5) is 0 Å². The molecule has 0 N–H and O–H groups in total. The highest BCUT2D eigenvalue weighted by Gasteiger charge is 2.14. The first-order chi connectivity index (χ1) is 11.4. The van der Waals surface area contributed by atoms with Crippen molar-refractivity contribution in [2.45, 2.75) is 13.8 Å². The Hall–Kier alpha value is -2.55. The normalized spacial score (nSPS) is 13.3. The first kappa shape index (κ1) is 10.2. The molecule has 3 nitrogen and oxygen atoms in total. The van der Waals surface area contributed by atoms with E-state index in [2.05, 4.69) is 29.0 Å². The molecule has 3 aromatic rings. The molecule has 0 aliphatic heterocycles. The van der Waals surface area contributed by atoms with Crippen LogP contribution < -0.4 is 4.57 Å². The Balaban J connectivity index is 2.12. The van der Waals surface area contributed by atoms with Gasteiger partial charge < -0.3 is 0 Å². The molecule has 2 aromatic heterocycles. The molecular weight excluding hydrogens is 258 g/mol. The lowest BCUT2D eigenvalue weighted by Crippen LogP contribution is -2.30. The van der Waals surface area contributed by atoms with Crippen molar-refractivity contribution in [1.29, 1.82) is 0 Å². The number of hydrogen-bond donors (Lipinski definition) is 0. The summed E-state index contributed by atoms with van der Waals surface area (Å²) in [6.45, 7) is -0.242. The molecule has 0 radical (unpaired) electrons. The van der Waals surface area contributed by atoms with Crippen molar-refractivity contribution in [1.82, 2.24) is 9.97 Å². The van der Waals surface area contributed by atoms with Crippen LogP contribution in [-0.2, 0) is 7.05 Å². The second-order valence-corrected chi connectivity index (χ2v) is 4.99. The smallest absolute Gasteiger partial charge is 0.213 e. The summed E-state index contributed by atoms with van der Waals surface area (Å²) in [5, 5.41) is 0. The van der Waals surface area contributed by atoms with Crippen molar-refractivity contribution in [2.75, 3.05) is 0 Å². The fraction of sp³-hybridized carbons (Fsp3) is 0.167. The highest BCUT2D eigenvalue weighted by atomic mass is 14.9. The molecule has 3 rings (SSSR count). The standard InChI is InChI=1S/C18H18N3/c1-13-6-4-5-7-16(13)18-12-15(9-11-21(18)3)17-8-10-19-14(2)20-17/h4-12H,1-3H3/q+1/i2D3. The van der Waals surface area contributed by atoms with Gasteiger partial charge in [-0.15, -0.1) is 0 Å². The monoisotopic (exact) mass is 279 g/mol. The zero-order valence-corrected chi connectivity index (χ0v) is 12.0. The van der Waals surface area contributed by atoms with Gasteiger partial charge in [0.25, 0.3) is 0 Å². The van der Waals surface area contributed by atoms with Gasteiger partial charge in [0.1, 0.15) is 12.9 Å². The van der Waals surface area contributed by atoms with Gasteiger partial charge in [0.2, 0.25) is 5.69 Å². The van der Waals surface area contributed by atoms with Crippen molar-refractivity contribution >= 4 is 0 Å². The van der Waals surface area contributed by atoms with Gasteiger partial charge in [-0.2, -0.15) is 0 Å². The molecule has 0 atom stereocenters. The third kappa shape index (κ3) is 2.68. The van der Waals surface area contributed by atoms with Crippen LogP contribution in [0.5, 0.6) is 0 Å². The second kappa shape index (κ2) is 5.44. The van der Waals surface area contributed by atoms with E-state index in [0.29, 0.717) is 5.69 Å². The maximum atomic E-state index is 7.48. The summed E-state index contributed by atoms with van der Waals surface area (Å²) in [4.78, 5) is 8.09. The maximum Gasteiger partial charge on any atom is 0.213 e. The zero-order valence-electron chi connectivity index (χ0n) is 15.0. The third-order valence-electron chi connectivity index (χ3n) is 3.52. The summed E-state index contributed by atoms with van der Waals surface area (Å²) in [6.07, 6.45) is 3.44. The highest BCUT2D eigenvalue weighted by Crippen LogP contribution is 2.24. The fourth-order valence-electron chi connectivity index (χ4n) is 2.38. The number of benzene rings is 1. The third-order valence-corrected chi connectivity index (χ3v) is 3.52. The van der Waals surface area contributed by atoms with E-state index in [1.807, 2.05) is 42.1 Å². The van der Waals surface area contributed by atoms with E-state index in [1.165, 1.54) is 11.8 Å². The lowest BCUT2D eigenvalue weighted by Gasteiger charge is -2.06. The molecule has 0 saturated heterocycles. The molecule has 21 heavy (non-hydrogen) atoms. The molecule has 0 bridgehead atoms. The minimum atomic E-state index is -2.31. The largest absolute Gasteiger partial charge is 0.242 e. The number of aromatic nitrogens is 3. The van der Waals surface area contributed by atoms with Gasteiger partial charge in [-0.25, -0.2) is 14.5 Å². The van der Waals surface area contributed by atoms with Crippen LogP contribution in [0.2, 0.25) is 0 Å². The lowest BCUT2D eigenvalue weighted by atomic mass is 10.0. The quantitative estimate of drug-likeness (QED) is 0.674. The number of hydrogen-bond acceptors (Lipinski definition) is 2. The molecule has 3 heteroatoms. The topological polar surface area (TPSA) is 29.7 Å². The van der Waals surface area contributed by atoms with E-state index in [4.69, 9.17) is 4.11 Å². The molecular formula is C18H18N3+. The van der Waals surface area contributed by atoms with E-state index in [9.17, 15) is 0 Å². The first-order valence-corrected chi connectivity index (χ1v) is 6.76. The Morgan fingerprint density at radius 2 is 2.00 bits per heavy atom. The van der Waals surface area contributed by atoms with E-state index in [0.717, 1.165) is 16.8 Å². The Morgan fingerprint density at radius 3 is 2.81 bits per heavy atom. The van der Waals surface area contributed by atoms with Crippen LogP contribution in [0.25, 0.3) is 22.5 Å². The van der Waals surface area contributed by atoms with Crippen LogP contribution >= 0.6 is 0 Å². The van der Waals surface area contributed by atoms with Crippen molar-refractivity contribution in [3.63, 3.8) is 0 Å². The minimum Gasteiger partial charge on any atom is -0.242 e. The number of rotatable bonds is 2. The van der Waals surface area contributed by atoms with E-state index < -0.39 is 6.85 Å². The number of aryl methyl sites for hydroxylation is 3. The molecule has 0 fully saturated rings. The molecule has 2 heterocycles. The Labute approximate surface area is 129 Å². The van der Waals surface area contributed by atoms with Crippen LogP contribution in [0.15, 0.2) is 54.9 Å². The van der Waals surface area contributed by atoms with E-state index >= 15 is 0 Å². The van der Waals surface area contributed by atoms with Gasteiger partial charge in [-0.3, -0.25) is 0 Å². The number of nitrogens with zero attached hydrogens (tertiary/aromatic N) is 3. The van der Waals surface area contributed by atoms with E-state index in [1.54, 1.807) is 6.07 Å². The van der Waals surface area contributed by atoms with Gasteiger partial charge >= 0.3 is 0 Å². The van der Waals surface area contributed by atoms with Gasteiger partial charge in [0.15, 0.2) is 6.20 Å². The van der Waals surface area contributed by atoms with Crippen molar-refractivity contribution in [2.24, 2.45) is 7.05 Å². The highest BCUT2D eigenvalue weighted by molar-refractivity contribution is 5.68. The summed E-state index contributed by atoms with van der Waals surface area (Å²) in [5.74, 6) is -0.134. The molecule has 0 unspecified atom stereocenters. The van der Waals surface area contributed by atoms with Gasteiger partial charge in [0, 0.05) is 33.6 Å². The van der Waals surface area contributed by atoms with Gasteiger partial charge in [0.05, 0.1) is 5.69 Å². The van der Waals surface area contributed by atoms with E-state index in [-0.39, 0.29) is 5.82 Å². The van der Waals surface area contributed by atoms with Gasteiger partial charge in [-0.05, 0) is 31.5 Å². The number of pyridine rings is 1. The molecule has 1 aromatic carbocycles. The van der Waals surface area contributed by atoms with Crippen molar-refractivity contribution in [3.05, 3.63) is 66.2 Å². The Bertz CT molecular complexity index is 889. The van der Waals surface area contributed by atoms with Crippen LogP contribution in [0.3, 0.4) is 0 Å². The predicted octanol–water partition coefficient (Wildman–Crippen LogP) is 3.25. The predicted molar refractivity (Wildman–Crippen MR) is 83.6 cm³/mol. The van der Waals surface area contributed by atoms with Crippen molar-refractivity contribution in [3.8, 4) is 22.5 Å². The average molecular weight is 279 g/mol. The van der Waals surface area contributed by atoms with Crippen molar-refractivity contribution < 1.29 is 8.68 Å². The van der Waals surface area contributed by atoms with Crippen LogP contribution in [0, 0.1) is 13.8 Å². The molecule has 0 amide bonds. The van der Waals surface area contributed by atoms with Crippen LogP contribution in [-0.4, -0.2) is 9.97 Å². The fourth-order valence-corrected chi connectivity index (χ4v) is 2.38. The Kier molecular flexibility index (Phi) is 2.65. The molecule has 0 spiro atoms. The van der Waals surface area contributed by atoms with Gasteiger partial charge in [-0.1, -0.05) is 18.2 Å². The molecule has 0 aliphatic rings. The summed E-state index contributed by atoms with van der Waals surface area (Å²) in [6, 6.07) is 13.8. The molecule has 0 saturated carbocycles. The SMILES string of the molecule is [2H]C([2H])([2H])c1nccc(-c2cc[n+](C)c(-c3ccccc3C)c2)n1. The first-order valence-electron chi connectivity index (χ1n) is 8.26. The molecule has 0 aliphatic carbocycles.